The number of nitrogens with one attached hydrogen (secondary N) is 1. The van der Waals surface area contributed by atoms with Crippen LogP contribution in [0.3, 0.4) is 0 Å². The van der Waals surface area contributed by atoms with Crippen LogP contribution in [0.5, 0.6) is 0 Å². The highest BCUT2D eigenvalue weighted by molar-refractivity contribution is 9.10. The maximum Gasteiger partial charge on any atom is 0.147 e. The van der Waals surface area contributed by atoms with Crippen LogP contribution >= 0.6 is 15.9 Å². The zero-order chi connectivity index (χ0) is 20.7. The number of fused-ring (bicyclic) bond motifs is 2. The molecule has 0 amide bonds. The Kier molecular flexibility index (Phi) is 5.04. The number of ether oxygens (including phenoxy) is 1. The normalized spacial score (nSPS) is 19.0. The Morgan fingerprint density at radius 2 is 2.13 bits per heavy atom. The van der Waals surface area contributed by atoms with Crippen molar-refractivity contribution in [2.45, 2.75) is 38.0 Å². The topological polar surface area (TPSA) is 90.9 Å². The van der Waals surface area contributed by atoms with Gasteiger partial charge in [0.2, 0.25) is 0 Å². The van der Waals surface area contributed by atoms with E-state index in [1.807, 2.05) is 25.4 Å². The maximum atomic E-state index is 6.37. The molecule has 1 aromatic carbocycles. The van der Waals surface area contributed by atoms with Crippen molar-refractivity contribution >= 4 is 49.5 Å². The fraction of sp³-hybridized carbons (Fsp3) is 0.318. The van der Waals surface area contributed by atoms with E-state index in [0.717, 1.165) is 57.9 Å². The first-order valence-electron chi connectivity index (χ1n) is 10.1. The summed E-state index contributed by atoms with van der Waals surface area (Å²) in [5.74, 6) is 1.36. The summed E-state index contributed by atoms with van der Waals surface area (Å²) >= 11 is 3.44. The Bertz CT molecular complexity index is 1220. The number of hydrogen-bond acceptors (Lipinski definition) is 6. The van der Waals surface area contributed by atoms with Gasteiger partial charge < -0.3 is 20.4 Å². The summed E-state index contributed by atoms with van der Waals surface area (Å²) in [7, 11) is 1.87. The monoisotopic (exact) mass is 466 g/mol. The SMILES string of the molecule is CNc1ncnc2c1ccn2[C@H]1CC[C@@H](CCc2ccc3cc(Br)c(N)nc3c2)O1. The van der Waals surface area contributed by atoms with Gasteiger partial charge in [0.05, 0.1) is 21.5 Å². The number of rotatable bonds is 5. The summed E-state index contributed by atoms with van der Waals surface area (Å²) in [5.41, 5.74) is 9.02. The Morgan fingerprint density at radius 3 is 3.00 bits per heavy atom. The quantitative estimate of drug-likeness (QED) is 0.443. The van der Waals surface area contributed by atoms with Gasteiger partial charge in [-0.05, 0) is 65.4 Å². The van der Waals surface area contributed by atoms with Gasteiger partial charge >= 0.3 is 0 Å². The average molecular weight is 467 g/mol. The molecule has 154 valence electrons. The molecule has 1 aliphatic heterocycles. The van der Waals surface area contributed by atoms with Crippen molar-refractivity contribution in [3.63, 3.8) is 0 Å². The van der Waals surface area contributed by atoms with Crippen LogP contribution in [-0.2, 0) is 11.2 Å². The van der Waals surface area contributed by atoms with Crippen molar-refractivity contribution in [3.8, 4) is 0 Å². The molecule has 4 heterocycles. The van der Waals surface area contributed by atoms with E-state index in [9.17, 15) is 0 Å². The number of pyridine rings is 1. The summed E-state index contributed by atoms with van der Waals surface area (Å²) in [4.78, 5) is 13.2. The molecule has 1 saturated heterocycles. The lowest BCUT2D eigenvalue weighted by Crippen LogP contribution is -2.12. The number of halogens is 1. The van der Waals surface area contributed by atoms with Gasteiger partial charge in [-0.2, -0.15) is 0 Å². The molecule has 1 aliphatic rings. The second-order valence-corrected chi connectivity index (χ2v) is 8.50. The highest BCUT2D eigenvalue weighted by Crippen LogP contribution is 2.34. The minimum Gasteiger partial charge on any atom is -0.383 e. The van der Waals surface area contributed by atoms with E-state index in [-0.39, 0.29) is 12.3 Å². The van der Waals surface area contributed by atoms with Crippen LogP contribution in [0.15, 0.2) is 47.3 Å². The molecule has 4 aromatic rings. The molecule has 0 bridgehead atoms. The van der Waals surface area contributed by atoms with Gasteiger partial charge in [-0.15, -0.1) is 0 Å². The molecular formula is C22H23BrN6O. The molecule has 0 spiro atoms. The summed E-state index contributed by atoms with van der Waals surface area (Å²) in [6.07, 6.45) is 7.84. The Balaban J connectivity index is 1.27. The molecule has 0 saturated carbocycles. The molecular weight excluding hydrogens is 444 g/mol. The van der Waals surface area contributed by atoms with Gasteiger partial charge in [0, 0.05) is 18.6 Å². The average Bonchev–Trinajstić information content (AvgIpc) is 3.39. The Hall–Kier alpha value is -2.71. The smallest absolute Gasteiger partial charge is 0.147 e. The van der Waals surface area contributed by atoms with Gasteiger partial charge in [0.15, 0.2) is 0 Å². The van der Waals surface area contributed by atoms with Crippen LogP contribution in [0.25, 0.3) is 21.9 Å². The van der Waals surface area contributed by atoms with Gasteiger partial charge in [0.25, 0.3) is 0 Å². The molecule has 0 aliphatic carbocycles. The first-order chi connectivity index (χ1) is 14.6. The fourth-order valence-corrected chi connectivity index (χ4v) is 4.53. The molecule has 30 heavy (non-hydrogen) atoms. The van der Waals surface area contributed by atoms with Crippen molar-refractivity contribution in [2.75, 3.05) is 18.1 Å². The molecule has 2 atom stereocenters. The van der Waals surface area contributed by atoms with Crippen molar-refractivity contribution in [2.24, 2.45) is 0 Å². The van der Waals surface area contributed by atoms with Crippen molar-refractivity contribution < 1.29 is 4.74 Å². The van der Waals surface area contributed by atoms with Crippen LogP contribution in [0.2, 0.25) is 0 Å². The third-order valence-electron chi connectivity index (χ3n) is 5.76. The zero-order valence-electron chi connectivity index (χ0n) is 16.7. The highest BCUT2D eigenvalue weighted by atomic mass is 79.9. The third kappa shape index (κ3) is 3.50. The summed E-state index contributed by atoms with van der Waals surface area (Å²) < 4.78 is 9.33. The van der Waals surface area contributed by atoms with Crippen molar-refractivity contribution in [1.29, 1.82) is 0 Å². The second-order valence-electron chi connectivity index (χ2n) is 7.64. The zero-order valence-corrected chi connectivity index (χ0v) is 18.3. The van der Waals surface area contributed by atoms with E-state index in [2.05, 4.69) is 59.0 Å². The number of aryl methyl sites for hydroxylation is 1. The van der Waals surface area contributed by atoms with Crippen LogP contribution < -0.4 is 11.1 Å². The lowest BCUT2D eigenvalue weighted by Gasteiger charge is -2.16. The number of anilines is 2. The molecule has 5 rings (SSSR count). The number of nitrogens with zero attached hydrogens (tertiary/aromatic N) is 4. The van der Waals surface area contributed by atoms with E-state index >= 15 is 0 Å². The van der Waals surface area contributed by atoms with E-state index in [1.54, 1.807) is 6.33 Å². The van der Waals surface area contributed by atoms with Crippen LogP contribution in [0.1, 0.15) is 31.1 Å². The van der Waals surface area contributed by atoms with Crippen LogP contribution in [-0.4, -0.2) is 32.7 Å². The first-order valence-corrected chi connectivity index (χ1v) is 10.9. The highest BCUT2D eigenvalue weighted by Gasteiger charge is 2.27. The number of nitrogens with two attached hydrogens (primary N) is 1. The van der Waals surface area contributed by atoms with E-state index in [0.29, 0.717) is 5.82 Å². The summed E-state index contributed by atoms with van der Waals surface area (Å²) in [6, 6.07) is 10.4. The number of nitrogen functional groups attached to an aromatic ring is 1. The van der Waals surface area contributed by atoms with Gasteiger partial charge in [-0.1, -0.05) is 12.1 Å². The second kappa shape index (κ2) is 7.85. The molecule has 7 nitrogen and oxygen atoms in total. The largest absolute Gasteiger partial charge is 0.383 e. The summed E-state index contributed by atoms with van der Waals surface area (Å²) in [5, 5.41) is 5.22. The van der Waals surface area contributed by atoms with E-state index < -0.39 is 0 Å². The lowest BCUT2D eigenvalue weighted by molar-refractivity contribution is 0.00120. The fourth-order valence-electron chi connectivity index (χ4n) is 4.19. The first kappa shape index (κ1) is 19.3. The molecule has 1 fully saturated rings. The Labute approximate surface area is 182 Å². The molecule has 3 aromatic heterocycles. The molecule has 0 radical (unpaired) electrons. The van der Waals surface area contributed by atoms with Crippen molar-refractivity contribution in [3.05, 3.63) is 52.9 Å². The molecule has 0 unspecified atom stereocenters. The minimum absolute atomic E-state index is 0.0162. The van der Waals surface area contributed by atoms with Gasteiger partial charge in [-0.25, -0.2) is 15.0 Å². The van der Waals surface area contributed by atoms with Crippen LogP contribution in [0.4, 0.5) is 11.6 Å². The predicted molar refractivity (Wildman–Crippen MR) is 122 cm³/mol. The Morgan fingerprint density at radius 1 is 1.23 bits per heavy atom. The number of aromatic nitrogens is 4. The van der Waals surface area contributed by atoms with Crippen molar-refractivity contribution in [1.82, 2.24) is 19.5 Å². The molecule has 3 N–H and O–H groups in total. The lowest BCUT2D eigenvalue weighted by atomic mass is 10.0. The minimum atomic E-state index is 0.0162. The standard InChI is InChI=1S/C22H23BrN6O/c1-25-21-16-8-9-29(22(16)27-12-26-21)19-7-6-15(30-19)5-3-13-2-4-14-11-17(23)20(24)28-18(14)10-13/h2,4,8-12,15,19H,3,5-7H2,1H3,(H2,24,28)(H,25,26,27)/t15-,19-/m1/s1. The number of hydrogen-bond donors (Lipinski definition) is 2. The van der Waals surface area contributed by atoms with E-state index in [1.165, 1.54) is 5.56 Å². The third-order valence-corrected chi connectivity index (χ3v) is 6.39. The molecule has 8 heteroatoms. The summed E-state index contributed by atoms with van der Waals surface area (Å²) in [6.45, 7) is 0. The number of benzene rings is 1. The van der Waals surface area contributed by atoms with Crippen LogP contribution in [0, 0.1) is 0 Å². The van der Waals surface area contributed by atoms with Gasteiger partial charge in [0.1, 0.15) is 29.8 Å². The van der Waals surface area contributed by atoms with Gasteiger partial charge in [-0.3, -0.25) is 0 Å². The van der Waals surface area contributed by atoms with E-state index in [4.69, 9.17) is 10.5 Å². The predicted octanol–water partition coefficient (Wildman–Crippen LogP) is 4.68. The maximum absolute atomic E-state index is 6.37.